The smallest absolute Gasteiger partial charge is 0.257 e. The molecule has 0 fully saturated rings. The fourth-order valence-corrected chi connectivity index (χ4v) is 1.53. The first-order valence-electron chi connectivity index (χ1n) is 5.29. The van der Waals surface area contributed by atoms with Gasteiger partial charge in [0, 0.05) is 18.9 Å². The molecule has 1 amide bonds. The first kappa shape index (κ1) is 11.1. The number of pyridine rings is 1. The molecule has 17 heavy (non-hydrogen) atoms. The number of rotatable bonds is 3. The number of hydrogen-bond donors (Lipinski definition) is 2. The Morgan fingerprint density at radius 2 is 2.00 bits per heavy atom. The highest BCUT2D eigenvalue weighted by Gasteiger charge is 2.09. The Balaban J connectivity index is 2.20. The Morgan fingerprint density at radius 1 is 1.18 bits per heavy atom. The predicted octanol–water partition coefficient (Wildman–Crippen LogP) is 2.38. The molecule has 0 aliphatic rings. The summed E-state index contributed by atoms with van der Waals surface area (Å²) >= 11 is 0. The van der Waals surface area contributed by atoms with E-state index in [1.54, 1.807) is 37.6 Å². The molecule has 2 N–H and O–H groups in total. The summed E-state index contributed by atoms with van der Waals surface area (Å²) in [4.78, 5) is 16.0. The minimum atomic E-state index is -0.150. The molecule has 2 rings (SSSR count). The fraction of sp³-hybridized carbons (Fsp3) is 0.0769. The molecule has 0 saturated carbocycles. The fourth-order valence-electron chi connectivity index (χ4n) is 1.53. The summed E-state index contributed by atoms with van der Waals surface area (Å²) in [5.74, 6) is -0.150. The summed E-state index contributed by atoms with van der Waals surface area (Å²) in [6, 6.07) is 10.9. The van der Waals surface area contributed by atoms with E-state index in [1.807, 2.05) is 18.2 Å². The molecule has 4 heteroatoms. The van der Waals surface area contributed by atoms with E-state index in [0.29, 0.717) is 11.3 Å². The molecule has 2 aromatic rings. The lowest BCUT2D eigenvalue weighted by atomic mass is 10.1. The summed E-state index contributed by atoms with van der Waals surface area (Å²) in [7, 11) is 1.79. The number of hydrogen-bond acceptors (Lipinski definition) is 3. The third kappa shape index (κ3) is 2.60. The van der Waals surface area contributed by atoms with Gasteiger partial charge in [0.25, 0.3) is 5.91 Å². The third-order valence-corrected chi connectivity index (χ3v) is 2.36. The van der Waals surface area contributed by atoms with Crippen LogP contribution in [0.3, 0.4) is 0 Å². The molecule has 0 unspecified atom stereocenters. The molecule has 0 atom stereocenters. The number of aromatic nitrogens is 1. The van der Waals surface area contributed by atoms with Crippen LogP contribution in [0.5, 0.6) is 0 Å². The van der Waals surface area contributed by atoms with E-state index in [-0.39, 0.29) is 5.91 Å². The highest BCUT2D eigenvalue weighted by molar-refractivity contribution is 6.07. The van der Waals surface area contributed by atoms with Gasteiger partial charge in [-0.1, -0.05) is 12.1 Å². The molecule has 1 aromatic carbocycles. The van der Waals surface area contributed by atoms with Crippen molar-refractivity contribution in [2.24, 2.45) is 0 Å². The number of nitrogens with one attached hydrogen (secondary N) is 2. The van der Waals surface area contributed by atoms with Crippen LogP contribution >= 0.6 is 0 Å². The second-order valence-corrected chi connectivity index (χ2v) is 3.49. The average Bonchev–Trinajstić information content (AvgIpc) is 2.40. The topological polar surface area (TPSA) is 54.0 Å². The van der Waals surface area contributed by atoms with Crippen molar-refractivity contribution in [2.45, 2.75) is 0 Å². The van der Waals surface area contributed by atoms with Gasteiger partial charge in [-0.15, -0.1) is 0 Å². The van der Waals surface area contributed by atoms with Gasteiger partial charge in [-0.05, 0) is 24.3 Å². The molecule has 0 bridgehead atoms. The Labute approximate surface area is 99.7 Å². The second-order valence-electron chi connectivity index (χ2n) is 3.49. The summed E-state index contributed by atoms with van der Waals surface area (Å²) < 4.78 is 0. The summed E-state index contributed by atoms with van der Waals surface area (Å²) in [6.07, 6.45) is 3.27. The Hall–Kier alpha value is -2.36. The van der Waals surface area contributed by atoms with Crippen molar-refractivity contribution in [1.82, 2.24) is 4.98 Å². The van der Waals surface area contributed by atoms with Crippen molar-refractivity contribution in [3.8, 4) is 0 Å². The highest BCUT2D eigenvalue weighted by atomic mass is 16.1. The maximum Gasteiger partial charge on any atom is 0.257 e. The van der Waals surface area contributed by atoms with Crippen LogP contribution in [0.1, 0.15) is 10.4 Å². The Morgan fingerprint density at radius 3 is 2.71 bits per heavy atom. The summed E-state index contributed by atoms with van der Waals surface area (Å²) in [5.41, 5.74) is 2.09. The maximum atomic E-state index is 12.0. The molecule has 0 aliphatic heterocycles. The number of carbonyl (C=O) groups is 1. The van der Waals surface area contributed by atoms with E-state index >= 15 is 0 Å². The molecule has 1 aromatic heterocycles. The van der Waals surface area contributed by atoms with Crippen LogP contribution in [-0.4, -0.2) is 17.9 Å². The van der Waals surface area contributed by atoms with Gasteiger partial charge in [-0.25, -0.2) is 0 Å². The molecule has 0 aliphatic carbocycles. The van der Waals surface area contributed by atoms with Crippen LogP contribution in [0, 0.1) is 0 Å². The van der Waals surface area contributed by atoms with Crippen molar-refractivity contribution in [3.05, 3.63) is 54.4 Å². The van der Waals surface area contributed by atoms with Crippen LogP contribution in [-0.2, 0) is 0 Å². The van der Waals surface area contributed by atoms with E-state index in [4.69, 9.17) is 0 Å². The van der Waals surface area contributed by atoms with E-state index in [9.17, 15) is 4.79 Å². The minimum absolute atomic E-state index is 0.150. The number of nitrogens with zero attached hydrogens (tertiary/aromatic N) is 1. The van der Waals surface area contributed by atoms with Crippen LogP contribution in [0.4, 0.5) is 11.4 Å². The number of amides is 1. The van der Waals surface area contributed by atoms with Gasteiger partial charge in [0.15, 0.2) is 0 Å². The number of carbonyl (C=O) groups excluding carboxylic acids is 1. The van der Waals surface area contributed by atoms with Gasteiger partial charge in [-0.3, -0.25) is 9.78 Å². The lowest BCUT2D eigenvalue weighted by Gasteiger charge is -2.09. The van der Waals surface area contributed by atoms with Gasteiger partial charge in [0.1, 0.15) is 0 Å². The molecule has 1 heterocycles. The van der Waals surface area contributed by atoms with Crippen LogP contribution in [0.15, 0.2) is 48.8 Å². The van der Waals surface area contributed by atoms with Gasteiger partial charge < -0.3 is 10.6 Å². The van der Waals surface area contributed by atoms with Crippen molar-refractivity contribution < 1.29 is 4.79 Å². The molecular formula is C13H13N3O. The van der Waals surface area contributed by atoms with Crippen molar-refractivity contribution >= 4 is 17.3 Å². The monoisotopic (exact) mass is 227 g/mol. The van der Waals surface area contributed by atoms with Crippen LogP contribution in [0.25, 0.3) is 0 Å². The average molecular weight is 227 g/mol. The zero-order valence-electron chi connectivity index (χ0n) is 9.47. The third-order valence-electron chi connectivity index (χ3n) is 2.36. The summed E-state index contributed by atoms with van der Waals surface area (Å²) in [5, 5.41) is 5.78. The largest absolute Gasteiger partial charge is 0.387 e. The minimum Gasteiger partial charge on any atom is -0.387 e. The van der Waals surface area contributed by atoms with E-state index < -0.39 is 0 Å². The zero-order valence-corrected chi connectivity index (χ0v) is 9.47. The molecule has 0 radical (unpaired) electrons. The quantitative estimate of drug-likeness (QED) is 0.846. The first-order valence-corrected chi connectivity index (χ1v) is 5.29. The molecular weight excluding hydrogens is 214 g/mol. The van der Waals surface area contributed by atoms with Gasteiger partial charge in [0.2, 0.25) is 0 Å². The van der Waals surface area contributed by atoms with Crippen molar-refractivity contribution in [2.75, 3.05) is 17.7 Å². The zero-order chi connectivity index (χ0) is 12.1. The van der Waals surface area contributed by atoms with Gasteiger partial charge in [0.05, 0.1) is 17.4 Å². The van der Waals surface area contributed by atoms with Gasteiger partial charge >= 0.3 is 0 Å². The van der Waals surface area contributed by atoms with Crippen molar-refractivity contribution in [1.29, 1.82) is 0 Å². The normalized spacial score (nSPS) is 9.71. The Bertz CT molecular complexity index is 511. The standard InChI is InChI=1S/C13H13N3O/c1-14-12-7-3-2-6-11(12)13(17)16-10-5-4-8-15-9-10/h2-9,14H,1H3,(H,16,17). The van der Waals surface area contributed by atoms with Gasteiger partial charge in [-0.2, -0.15) is 0 Å². The van der Waals surface area contributed by atoms with Crippen LogP contribution < -0.4 is 10.6 Å². The molecule has 4 nitrogen and oxygen atoms in total. The maximum absolute atomic E-state index is 12.0. The summed E-state index contributed by atoms with van der Waals surface area (Å²) in [6.45, 7) is 0. The highest BCUT2D eigenvalue weighted by Crippen LogP contribution is 2.16. The number of anilines is 2. The first-order chi connectivity index (χ1) is 8.31. The van der Waals surface area contributed by atoms with E-state index in [0.717, 1.165) is 5.69 Å². The molecule has 0 spiro atoms. The van der Waals surface area contributed by atoms with Crippen molar-refractivity contribution in [3.63, 3.8) is 0 Å². The molecule has 86 valence electrons. The lowest BCUT2D eigenvalue weighted by Crippen LogP contribution is -2.13. The second kappa shape index (κ2) is 5.12. The number of para-hydroxylation sites is 1. The van der Waals surface area contributed by atoms with E-state index in [1.165, 1.54) is 0 Å². The Kier molecular flexibility index (Phi) is 3.35. The molecule has 0 saturated heterocycles. The SMILES string of the molecule is CNc1ccccc1C(=O)Nc1cccnc1. The predicted molar refractivity (Wildman–Crippen MR) is 68.2 cm³/mol. The lowest BCUT2D eigenvalue weighted by molar-refractivity contribution is 0.102. The number of benzene rings is 1. The van der Waals surface area contributed by atoms with Crippen LogP contribution in [0.2, 0.25) is 0 Å². The van der Waals surface area contributed by atoms with E-state index in [2.05, 4.69) is 15.6 Å².